The topological polar surface area (TPSA) is 0 Å². The maximum Gasteiger partial charge on any atom is 0.0461 e. The second-order valence-corrected chi connectivity index (χ2v) is 3.44. The molecule has 0 rings (SSSR count). The van der Waals surface area contributed by atoms with Gasteiger partial charge in [0, 0.05) is 10.3 Å². The molecule has 0 bridgehead atoms. The Kier molecular flexibility index (Phi) is 1.53. The van der Waals surface area contributed by atoms with Gasteiger partial charge in [-0.3, -0.25) is 6.92 Å². The lowest BCUT2D eigenvalue weighted by molar-refractivity contribution is 1.19. The zero-order chi connectivity index (χ0) is 4.50. The minimum absolute atomic E-state index is 0.280. The maximum absolute atomic E-state index is 3.54. The first-order valence-electron chi connectivity index (χ1n) is 1.25. The highest BCUT2D eigenvalue weighted by Crippen LogP contribution is 2.10. The van der Waals surface area contributed by atoms with Crippen molar-refractivity contribution in [2.75, 3.05) is 0 Å². The monoisotopic (exact) mass is 181 g/mol. The average Bonchev–Trinajstić information content (AvgIpc) is 0.722. The summed E-state index contributed by atoms with van der Waals surface area (Å²) in [4.78, 5) is 0. The van der Waals surface area contributed by atoms with Crippen LogP contribution in [-0.2, 0) is 0 Å². The van der Waals surface area contributed by atoms with Crippen LogP contribution in [0.2, 0.25) is 0 Å². The summed E-state index contributed by atoms with van der Waals surface area (Å²) in [7, 11) is 0. The smallest absolute Gasteiger partial charge is 0.0461 e. The van der Waals surface area contributed by atoms with Crippen LogP contribution in [0.3, 0.4) is 0 Å². The van der Waals surface area contributed by atoms with Gasteiger partial charge in [0.05, 0.1) is 0 Å². The Labute approximate surface area is 47.1 Å². The number of hydrogen-bond donors (Lipinski definition) is 0. The van der Waals surface area contributed by atoms with Gasteiger partial charge in [0.25, 0.3) is 0 Å². The van der Waals surface area contributed by atoms with Crippen molar-refractivity contribution >= 4 is 22.6 Å². The summed E-state index contributed by atoms with van der Waals surface area (Å²) in [5.41, 5.74) is 0. The number of hydrogen-bond acceptors (Lipinski definition) is 0. The summed E-state index contributed by atoms with van der Waals surface area (Å²) in [5.74, 6) is 0. The molecule has 0 heterocycles. The van der Waals surface area contributed by atoms with E-state index in [1.54, 1.807) is 0 Å². The number of rotatable bonds is 0. The normalized spacial score (nSPS) is 21.4. The molecule has 0 saturated carbocycles. The number of alkyl halides is 1. The summed E-state index contributed by atoms with van der Waals surface area (Å²) >= 11 is 2.04. The first kappa shape index (κ1) is 5.60. The minimum atomic E-state index is -0.280. The van der Waals surface area contributed by atoms with E-state index in [0.29, 0.717) is 0 Å². The van der Waals surface area contributed by atoms with Crippen LogP contribution in [0.5, 0.6) is 0 Å². The van der Waals surface area contributed by atoms with Crippen LogP contribution in [0.25, 0.3) is 0 Å². The van der Waals surface area contributed by atoms with Crippen LogP contribution >= 0.6 is 22.6 Å². The van der Waals surface area contributed by atoms with E-state index < -0.39 is 0 Å². The lowest BCUT2D eigenvalue weighted by Crippen LogP contribution is -1.99. The van der Waals surface area contributed by atoms with E-state index in [-0.39, 0.29) is 3.42 Å². The summed E-state index contributed by atoms with van der Waals surface area (Å²) in [5, 5.41) is 0. The van der Waals surface area contributed by atoms with Crippen LogP contribution in [0.1, 0.15) is 0 Å². The van der Waals surface area contributed by atoms with E-state index in [4.69, 9.17) is 0 Å². The molecule has 0 unspecified atom stereocenters. The summed E-state index contributed by atoms with van der Waals surface area (Å²) in [6, 6.07) is 0. The average molecular weight is 181 g/mol. The van der Waals surface area contributed by atoms with Gasteiger partial charge < -0.3 is 0 Å². The largest absolute Gasteiger partial charge is 0.283 e. The highest BCUT2D eigenvalue weighted by atomic mass is 127. The van der Waals surface area contributed by atoms with Gasteiger partial charge in [0.1, 0.15) is 0 Å². The Bertz CT molecular complexity index is 19.1. The molecule has 0 spiro atoms. The highest BCUT2D eigenvalue weighted by molar-refractivity contribution is 14.1. The van der Waals surface area contributed by atoms with Crippen molar-refractivity contribution in [3.8, 4) is 0 Å². The molecule has 0 saturated heterocycles. The van der Waals surface area contributed by atoms with Gasteiger partial charge in [0.15, 0.2) is 0 Å². The third-order valence-corrected chi connectivity index (χ3v) is 0. The van der Waals surface area contributed by atoms with Crippen molar-refractivity contribution in [1.82, 2.24) is 0 Å². The lowest BCUT2D eigenvalue weighted by atomic mass is 10.3. The fourth-order valence-electron chi connectivity index (χ4n) is 0. The molecule has 0 aliphatic rings. The Balaban J connectivity index is 3.02. The Morgan fingerprint density at radius 3 is 2.00 bits per heavy atom. The molecule has 0 aromatic rings. The summed E-state index contributed by atoms with van der Waals surface area (Å²) in [6.45, 7) is 10.6. The van der Waals surface area contributed by atoms with Crippen molar-refractivity contribution < 1.29 is 0 Å². The van der Waals surface area contributed by atoms with Crippen molar-refractivity contribution in [2.45, 2.75) is 3.42 Å². The minimum Gasteiger partial charge on any atom is -0.283 e. The molecule has 5 heavy (non-hydrogen) atoms. The second-order valence-electron chi connectivity index (χ2n) is 1.15. The van der Waals surface area contributed by atoms with Gasteiger partial charge in [-0.2, -0.15) is 0 Å². The van der Waals surface area contributed by atoms with Gasteiger partial charge in [-0.05, 0) is 6.92 Å². The second kappa shape index (κ2) is 1.37. The number of halogens is 1. The molecule has 0 aliphatic heterocycles. The molecule has 0 aromatic carbocycles. The van der Waals surface area contributed by atoms with Gasteiger partial charge in [0.2, 0.25) is 0 Å². The Hall–Kier alpha value is 0.600. The Morgan fingerprint density at radius 1 is 2.00 bits per heavy atom. The van der Waals surface area contributed by atoms with Gasteiger partial charge in [-0.1, -0.05) is 22.6 Å². The van der Waals surface area contributed by atoms with E-state index in [1.165, 1.54) is 0 Å². The molecule has 0 aromatic heterocycles. The lowest BCUT2D eigenvalue weighted by Gasteiger charge is -2.03. The maximum atomic E-state index is 3.54. The van der Waals surface area contributed by atoms with Crippen molar-refractivity contribution in [2.24, 2.45) is 0 Å². The van der Waals surface area contributed by atoms with Gasteiger partial charge in [-0.15, -0.1) is 0 Å². The molecule has 29 valence electrons. The van der Waals surface area contributed by atoms with Crippen molar-refractivity contribution in [3.63, 3.8) is 0 Å². The predicted octanol–water partition coefficient (Wildman–Crippen LogP) is 1.66. The quantitative estimate of drug-likeness (QED) is 0.303. The molecule has 1 radical (unpaired) electrons. The van der Waals surface area contributed by atoms with Crippen molar-refractivity contribution in [1.29, 1.82) is 0 Å². The summed E-state index contributed by atoms with van der Waals surface area (Å²) < 4.78 is -0.280. The van der Waals surface area contributed by atoms with Crippen molar-refractivity contribution in [3.05, 3.63) is 20.8 Å². The molecule has 0 N–H and O–H groups in total. The van der Waals surface area contributed by atoms with Crippen LogP contribution in [0, 0.1) is 20.8 Å². The predicted molar refractivity (Wildman–Crippen MR) is 32.8 cm³/mol. The SMILES string of the molecule is [CH2]C([CH2+])([CH2-])I. The molecular formula is C4H6I. The van der Waals surface area contributed by atoms with E-state index in [2.05, 4.69) is 20.8 Å². The molecule has 0 amide bonds. The zero-order valence-corrected chi connectivity index (χ0v) is 5.16. The van der Waals surface area contributed by atoms with Crippen LogP contribution in [0.15, 0.2) is 0 Å². The van der Waals surface area contributed by atoms with Crippen LogP contribution in [-0.4, -0.2) is 3.42 Å². The molecule has 0 atom stereocenters. The van der Waals surface area contributed by atoms with Crippen LogP contribution in [0.4, 0.5) is 0 Å². The third-order valence-electron chi connectivity index (χ3n) is 0. The fraction of sp³-hybridized carbons (Fsp3) is 0.250. The molecule has 0 fully saturated rings. The van der Waals surface area contributed by atoms with E-state index >= 15 is 0 Å². The van der Waals surface area contributed by atoms with Gasteiger partial charge in [-0.25, -0.2) is 0 Å². The molecule has 0 nitrogen and oxygen atoms in total. The molecule has 1 heteroatoms. The first-order valence-corrected chi connectivity index (χ1v) is 2.33. The third kappa shape index (κ3) is 86.4. The van der Waals surface area contributed by atoms with E-state index in [9.17, 15) is 0 Å². The van der Waals surface area contributed by atoms with Gasteiger partial charge >= 0.3 is 0 Å². The standard InChI is InChI=1S/C4H6I/c1-4(2,3)5/h1-3H2. The first-order chi connectivity index (χ1) is 2.00. The molecule has 0 aliphatic carbocycles. The zero-order valence-electron chi connectivity index (χ0n) is 3.00. The van der Waals surface area contributed by atoms with E-state index in [0.717, 1.165) is 0 Å². The van der Waals surface area contributed by atoms with Crippen LogP contribution < -0.4 is 0 Å². The molecular weight excluding hydrogens is 175 g/mol. The van der Waals surface area contributed by atoms with E-state index in [1.807, 2.05) is 22.6 Å². The Morgan fingerprint density at radius 2 is 2.00 bits per heavy atom. The summed E-state index contributed by atoms with van der Waals surface area (Å²) in [6.07, 6.45) is 0. The highest BCUT2D eigenvalue weighted by Gasteiger charge is 1.98. The fourth-order valence-corrected chi connectivity index (χ4v) is 0.